The van der Waals surface area contributed by atoms with Crippen molar-refractivity contribution in [2.24, 2.45) is 18.7 Å². The maximum Gasteiger partial charge on any atom is 0.329 e. The minimum atomic E-state index is -1.09. The van der Waals surface area contributed by atoms with E-state index in [2.05, 4.69) is 20.6 Å². The Morgan fingerprint density at radius 3 is 2.41 bits per heavy atom. The molecular weight excluding hydrogens is 846 g/mol. The van der Waals surface area contributed by atoms with Gasteiger partial charge in [-0.25, -0.2) is 13.6 Å². The predicted molar refractivity (Wildman–Crippen MR) is 238 cm³/mol. The molecule has 0 saturated carbocycles. The number of halogens is 3. The third-order valence-electron chi connectivity index (χ3n) is 13.5. The fourth-order valence-corrected chi connectivity index (χ4v) is 10.4. The Bertz CT molecular complexity index is 2680. The van der Waals surface area contributed by atoms with E-state index in [0.717, 1.165) is 22.2 Å². The standard InChI is InChI=1S/C47H49ClF2N8O6/c1-26-37-35(24-32(49)40(48)39(37)38-30(43(51)60)12-13-34(63-3)41(38)50)64-47(26,28-8-5-4-6-9-28)25-52-29-16-21-57(22-17-29)45(61)27-14-19-56(20-15-27)33-11-7-10-31-42(33)55(2)54-44(31)58-23-18-36(59)53-46(58)62/h4-13,24,26-27,29,52H,14-23,25H2,1-3H3,(H2,51,60)(H,53,59,62)/t26-,47-/m0/s1. The number of hydrogen-bond donors (Lipinski definition) is 3. The van der Waals surface area contributed by atoms with E-state index in [1.807, 2.05) is 67.4 Å². The number of benzene rings is 4. The van der Waals surface area contributed by atoms with Crippen LogP contribution in [0.5, 0.6) is 11.5 Å². The number of aromatic nitrogens is 2. The van der Waals surface area contributed by atoms with Crippen molar-refractivity contribution in [1.82, 2.24) is 25.3 Å². The van der Waals surface area contributed by atoms with Crippen LogP contribution in [-0.2, 0) is 22.2 Å². The van der Waals surface area contributed by atoms with E-state index in [0.29, 0.717) is 69.8 Å². The van der Waals surface area contributed by atoms with Gasteiger partial charge in [0.1, 0.15) is 11.6 Å². The lowest BCUT2D eigenvalue weighted by Gasteiger charge is -2.40. The highest BCUT2D eigenvalue weighted by Crippen LogP contribution is 2.56. The van der Waals surface area contributed by atoms with Crippen LogP contribution in [0.15, 0.2) is 66.7 Å². The summed E-state index contributed by atoms with van der Waals surface area (Å²) in [6.07, 6.45) is 2.99. The van der Waals surface area contributed by atoms with Gasteiger partial charge in [0.15, 0.2) is 23.0 Å². The topological polar surface area (TPSA) is 164 Å². The third-order valence-corrected chi connectivity index (χ3v) is 13.9. The molecule has 0 bridgehead atoms. The molecule has 334 valence electrons. The molecule has 4 N–H and O–H groups in total. The van der Waals surface area contributed by atoms with E-state index in [1.165, 1.54) is 30.2 Å². The quantitative estimate of drug-likeness (QED) is 0.140. The Balaban J connectivity index is 0.878. The number of para-hydroxylation sites is 1. The lowest BCUT2D eigenvalue weighted by Crippen LogP contribution is -2.52. The second kappa shape index (κ2) is 17.0. The number of amides is 5. The van der Waals surface area contributed by atoms with Gasteiger partial charge in [0.05, 0.1) is 28.9 Å². The highest BCUT2D eigenvalue weighted by molar-refractivity contribution is 6.34. The van der Waals surface area contributed by atoms with Gasteiger partial charge in [0.2, 0.25) is 17.7 Å². The minimum Gasteiger partial charge on any atom is -0.494 e. The molecule has 0 spiro atoms. The molecule has 4 aliphatic rings. The molecule has 64 heavy (non-hydrogen) atoms. The summed E-state index contributed by atoms with van der Waals surface area (Å²) in [4.78, 5) is 56.9. The number of piperidine rings is 2. The molecule has 3 saturated heterocycles. The van der Waals surface area contributed by atoms with Gasteiger partial charge < -0.3 is 30.3 Å². The van der Waals surface area contributed by atoms with Crippen molar-refractivity contribution in [1.29, 1.82) is 0 Å². The van der Waals surface area contributed by atoms with Crippen LogP contribution in [-0.4, -0.2) is 90.9 Å². The monoisotopic (exact) mass is 894 g/mol. The molecule has 4 aromatic carbocycles. The number of nitrogens with one attached hydrogen (secondary N) is 2. The molecule has 14 nitrogen and oxygen atoms in total. The van der Waals surface area contributed by atoms with Crippen LogP contribution in [0.25, 0.3) is 22.0 Å². The van der Waals surface area contributed by atoms with Crippen LogP contribution in [0.1, 0.15) is 66.4 Å². The molecular formula is C47H49ClF2N8O6. The normalized spacial score (nSPS) is 20.7. The Morgan fingerprint density at radius 1 is 0.984 bits per heavy atom. The van der Waals surface area contributed by atoms with Crippen LogP contribution in [0.3, 0.4) is 0 Å². The molecule has 5 amide bonds. The zero-order valence-electron chi connectivity index (χ0n) is 35.8. The van der Waals surface area contributed by atoms with Crippen LogP contribution < -0.4 is 35.6 Å². The molecule has 3 fully saturated rings. The Morgan fingerprint density at radius 2 is 1.72 bits per heavy atom. The lowest BCUT2D eigenvalue weighted by molar-refractivity contribution is -0.137. The maximum absolute atomic E-state index is 16.2. The van der Waals surface area contributed by atoms with Gasteiger partial charge in [-0.2, -0.15) is 5.10 Å². The number of likely N-dealkylation sites (tertiary alicyclic amines) is 1. The second-order valence-corrected chi connectivity index (χ2v) is 17.4. The summed E-state index contributed by atoms with van der Waals surface area (Å²) >= 11 is 6.68. The molecule has 0 unspecified atom stereocenters. The van der Waals surface area contributed by atoms with Crippen molar-refractivity contribution in [2.75, 3.05) is 56.2 Å². The first-order chi connectivity index (χ1) is 30.8. The first-order valence-electron chi connectivity index (χ1n) is 21.6. The molecule has 4 aliphatic heterocycles. The van der Waals surface area contributed by atoms with Crippen molar-refractivity contribution in [3.8, 4) is 22.6 Å². The predicted octanol–water partition coefficient (Wildman–Crippen LogP) is 6.61. The first-order valence-corrected chi connectivity index (χ1v) is 22.0. The van der Waals surface area contributed by atoms with E-state index in [1.54, 1.807) is 4.68 Å². The Labute approximate surface area is 373 Å². The van der Waals surface area contributed by atoms with Crippen molar-refractivity contribution >= 4 is 57.8 Å². The summed E-state index contributed by atoms with van der Waals surface area (Å²) in [5, 5.41) is 11.2. The number of imide groups is 1. The number of rotatable bonds is 10. The largest absolute Gasteiger partial charge is 0.494 e. The number of urea groups is 1. The summed E-state index contributed by atoms with van der Waals surface area (Å²) in [5.41, 5.74) is 7.29. The molecule has 2 atom stereocenters. The number of anilines is 2. The Kier molecular flexibility index (Phi) is 11.4. The van der Waals surface area contributed by atoms with Gasteiger partial charge >= 0.3 is 6.03 Å². The summed E-state index contributed by atoms with van der Waals surface area (Å²) in [6.45, 7) is 4.99. The number of aryl methyl sites for hydroxylation is 1. The molecule has 0 radical (unpaired) electrons. The van der Waals surface area contributed by atoms with Crippen LogP contribution in [0.4, 0.5) is 25.1 Å². The van der Waals surface area contributed by atoms with Crippen LogP contribution in [0.2, 0.25) is 5.02 Å². The van der Waals surface area contributed by atoms with Crippen LogP contribution in [0, 0.1) is 17.6 Å². The van der Waals surface area contributed by atoms with Crippen molar-refractivity contribution < 1.29 is 37.4 Å². The van der Waals surface area contributed by atoms with E-state index >= 15 is 8.78 Å². The van der Waals surface area contributed by atoms with Gasteiger partial charge in [-0.1, -0.05) is 54.9 Å². The van der Waals surface area contributed by atoms with E-state index in [9.17, 15) is 19.2 Å². The summed E-state index contributed by atoms with van der Waals surface area (Å²) in [7, 11) is 3.14. The number of carbonyl (C=O) groups is 4. The molecule has 5 aromatic rings. The highest BCUT2D eigenvalue weighted by Gasteiger charge is 2.50. The smallest absolute Gasteiger partial charge is 0.329 e. The van der Waals surface area contributed by atoms with Crippen molar-refractivity contribution in [2.45, 2.75) is 56.6 Å². The lowest BCUT2D eigenvalue weighted by atomic mass is 9.77. The molecule has 1 aromatic heterocycles. The van der Waals surface area contributed by atoms with E-state index in [-0.39, 0.29) is 70.0 Å². The van der Waals surface area contributed by atoms with E-state index < -0.39 is 35.1 Å². The van der Waals surface area contributed by atoms with Crippen molar-refractivity contribution in [3.63, 3.8) is 0 Å². The fourth-order valence-electron chi connectivity index (χ4n) is 10.1. The Hall–Kier alpha value is -6.26. The number of ether oxygens (including phenoxy) is 2. The molecule has 17 heteroatoms. The number of nitrogens with two attached hydrogens (primary N) is 1. The summed E-state index contributed by atoms with van der Waals surface area (Å²) in [5.74, 6) is -2.92. The SMILES string of the molecule is COc1ccc(C(N)=O)c(-c2c(Cl)c(F)cc3c2[C@H](C)[C@@](CNC2CCN(C(=O)C4CCN(c5cccc6c(N7CCC(=O)NC7=O)nn(C)c56)CC4)CC2)(c2ccccc2)O3)c1F. The van der Waals surface area contributed by atoms with Gasteiger partial charge in [0.25, 0.3) is 0 Å². The number of carbonyl (C=O) groups excluding carboxylic acids is 4. The number of primary amides is 1. The first kappa shape index (κ1) is 43.0. The number of fused-ring (bicyclic) bond motifs is 2. The molecule has 0 aliphatic carbocycles. The van der Waals surface area contributed by atoms with Gasteiger partial charge in [-0.3, -0.25) is 29.3 Å². The molecule has 9 rings (SSSR count). The van der Waals surface area contributed by atoms with Crippen LogP contribution >= 0.6 is 11.6 Å². The number of nitrogens with zero attached hydrogens (tertiary/aromatic N) is 5. The third kappa shape index (κ3) is 7.35. The van der Waals surface area contributed by atoms with Gasteiger partial charge in [-0.05, 0) is 55.5 Å². The number of methoxy groups -OCH3 is 1. The molecule has 5 heterocycles. The van der Waals surface area contributed by atoms with Gasteiger partial charge in [0, 0.05) is 98.8 Å². The fraction of sp³-hybridized carbons (Fsp3) is 0.383. The van der Waals surface area contributed by atoms with Gasteiger partial charge in [-0.15, -0.1) is 0 Å². The van der Waals surface area contributed by atoms with E-state index in [4.69, 9.17) is 26.8 Å². The maximum atomic E-state index is 16.2. The minimum absolute atomic E-state index is 0.0176. The van der Waals surface area contributed by atoms with Crippen molar-refractivity contribution in [3.05, 3.63) is 100 Å². The zero-order chi connectivity index (χ0) is 45.0. The second-order valence-electron chi connectivity index (χ2n) is 17.0. The highest BCUT2D eigenvalue weighted by atomic mass is 35.5. The average molecular weight is 895 g/mol. The zero-order valence-corrected chi connectivity index (χ0v) is 36.5. The summed E-state index contributed by atoms with van der Waals surface area (Å²) < 4.78 is 45.8. The summed E-state index contributed by atoms with van der Waals surface area (Å²) in [6, 6.07) is 18.8. The number of hydrogen-bond acceptors (Lipinski definition) is 9. The average Bonchev–Trinajstić information content (AvgIpc) is 3.79.